The number of likely N-dealkylation sites (tertiary alicyclic amines) is 1. The van der Waals surface area contributed by atoms with Crippen LogP contribution in [0, 0.1) is 5.82 Å². The van der Waals surface area contributed by atoms with E-state index in [9.17, 15) is 9.18 Å². The summed E-state index contributed by atoms with van der Waals surface area (Å²) in [7, 11) is 4.07. The third kappa shape index (κ3) is 3.34. The lowest BCUT2D eigenvalue weighted by atomic mass is 10.0. The van der Waals surface area contributed by atoms with Crippen LogP contribution in [0.3, 0.4) is 0 Å². The van der Waals surface area contributed by atoms with E-state index in [1.54, 1.807) is 6.07 Å². The zero-order valence-corrected chi connectivity index (χ0v) is 12.8. The van der Waals surface area contributed by atoms with E-state index in [4.69, 9.17) is 0 Å². The highest BCUT2D eigenvalue weighted by Gasteiger charge is 2.26. The number of rotatable bonds is 2. The van der Waals surface area contributed by atoms with Gasteiger partial charge in [-0.3, -0.25) is 4.79 Å². The number of piperidine rings is 1. The lowest BCUT2D eigenvalue weighted by Crippen LogP contribution is -2.47. The maximum absolute atomic E-state index is 13.1. The van der Waals surface area contributed by atoms with Gasteiger partial charge in [0.05, 0.1) is 5.56 Å². The summed E-state index contributed by atoms with van der Waals surface area (Å²) >= 11 is 3.26. The normalized spacial score (nSPS) is 19.8. The fourth-order valence-electron chi connectivity index (χ4n) is 2.39. The van der Waals surface area contributed by atoms with E-state index in [0.717, 1.165) is 25.9 Å². The van der Waals surface area contributed by atoms with E-state index < -0.39 is 0 Å². The minimum absolute atomic E-state index is 0.0292. The highest BCUT2D eigenvalue weighted by atomic mass is 79.9. The third-order valence-corrected chi connectivity index (χ3v) is 4.23. The van der Waals surface area contributed by atoms with Crippen LogP contribution in [0.1, 0.15) is 23.2 Å². The molecule has 0 saturated carbocycles. The van der Waals surface area contributed by atoms with Gasteiger partial charge in [0.15, 0.2) is 0 Å². The smallest absolute Gasteiger partial charge is 0.255 e. The molecule has 1 aromatic carbocycles. The highest BCUT2D eigenvalue weighted by Crippen LogP contribution is 2.22. The van der Waals surface area contributed by atoms with Crippen molar-refractivity contribution in [3.05, 3.63) is 34.1 Å². The summed E-state index contributed by atoms with van der Waals surface area (Å²) in [5.41, 5.74) is 0.529. The fourth-order valence-corrected chi connectivity index (χ4v) is 2.91. The molecule has 104 valence electrons. The Morgan fingerprint density at radius 1 is 1.47 bits per heavy atom. The van der Waals surface area contributed by atoms with Crippen LogP contribution in [0.2, 0.25) is 0 Å². The Morgan fingerprint density at radius 2 is 2.21 bits per heavy atom. The number of hydrogen-bond acceptors (Lipinski definition) is 2. The number of carbonyl (C=O) groups excluding carboxylic acids is 1. The fraction of sp³-hybridized carbons (Fsp3) is 0.500. The van der Waals surface area contributed by atoms with Crippen molar-refractivity contribution < 1.29 is 9.18 Å². The van der Waals surface area contributed by atoms with E-state index in [2.05, 4.69) is 20.8 Å². The number of likely N-dealkylation sites (N-methyl/N-ethyl adjacent to an activating group) is 1. The largest absolute Gasteiger partial charge is 0.337 e. The molecule has 1 atom stereocenters. The number of halogens is 2. The molecule has 1 aromatic rings. The van der Waals surface area contributed by atoms with Crippen molar-refractivity contribution in [2.24, 2.45) is 0 Å². The van der Waals surface area contributed by atoms with Gasteiger partial charge in [0.1, 0.15) is 5.82 Å². The van der Waals surface area contributed by atoms with Crippen molar-refractivity contribution in [2.75, 3.05) is 27.2 Å². The Hall–Kier alpha value is -0.940. The first-order valence-electron chi connectivity index (χ1n) is 6.40. The second-order valence-electron chi connectivity index (χ2n) is 5.13. The van der Waals surface area contributed by atoms with Gasteiger partial charge in [0, 0.05) is 23.6 Å². The van der Waals surface area contributed by atoms with Crippen LogP contribution in [0.4, 0.5) is 4.39 Å². The predicted octanol–water partition coefficient (Wildman–Crippen LogP) is 2.75. The number of hydrogen-bond donors (Lipinski definition) is 0. The van der Waals surface area contributed by atoms with Gasteiger partial charge in [0.25, 0.3) is 5.91 Å². The summed E-state index contributed by atoms with van der Waals surface area (Å²) < 4.78 is 13.6. The molecule has 0 spiro atoms. The molecular formula is C14H18BrFN2O. The molecule has 5 heteroatoms. The minimum atomic E-state index is -0.340. The van der Waals surface area contributed by atoms with Gasteiger partial charge in [-0.25, -0.2) is 4.39 Å². The van der Waals surface area contributed by atoms with Crippen molar-refractivity contribution >= 4 is 21.8 Å². The summed E-state index contributed by atoms with van der Waals surface area (Å²) in [5.74, 6) is -0.369. The number of nitrogens with zero attached hydrogens (tertiary/aromatic N) is 2. The van der Waals surface area contributed by atoms with Gasteiger partial charge in [-0.15, -0.1) is 0 Å². The summed E-state index contributed by atoms with van der Waals surface area (Å²) in [6, 6.07) is 4.60. The molecule has 3 nitrogen and oxygen atoms in total. The van der Waals surface area contributed by atoms with Gasteiger partial charge in [0.2, 0.25) is 0 Å². The van der Waals surface area contributed by atoms with E-state index in [0.29, 0.717) is 16.1 Å². The molecule has 1 aliphatic heterocycles. The van der Waals surface area contributed by atoms with Crippen molar-refractivity contribution in [2.45, 2.75) is 18.9 Å². The molecule has 1 saturated heterocycles. The summed E-state index contributed by atoms with van der Waals surface area (Å²) in [6.45, 7) is 1.50. The number of amides is 1. The lowest BCUT2D eigenvalue weighted by molar-refractivity contribution is 0.0634. The zero-order chi connectivity index (χ0) is 14.0. The van der Waals surface area contributed by atoms with Crippen LogP contribution in [0.25, 0.3) is 0 Å². The van der Waals surface area contributed by atoms with E-state index in [-0.39, 0.29) is 11.7 Å². The van der Waals surface area contributed by atoms with E-state index in [1.165, 1.54) is 12.1 Å². The van der Waals surface area contributed by atoms with Crippen LogP contribution in [0.15, 0.2) is 22.7 Å². The summed E-state index contributed by atoms with van der Waals surface area (Å²) in [6.07, 6.45) is 2.12. The minimum Gasteiger partial charge on any atom is -0.337 e. The van der Waals surface area contributed by atoms with Gasteiger partial charge in [-0.2, -0.15) is 0 Å². The predicted molar refractivity (Wildman–Crippen MR) is 76.7 cm³/mol. The first-order valence-corrected chi connectivity index (χ1v) is 7.19. The number of carbonyl (C=O) groups is 1. The van der Waals surface area contributed by atoms with E-state index in [1.807, 2.05) is 19.0 Å². The Kier molecular flexibility index (Phi) is 4.58. The van der Waals surface area contributed by atoms with Gasteiger partial charge in [-0.1, -0.05) is 0 Å². The molecule has 2 rings (SSSR count). The Bertz CT molecular complexity index is 479. The van der Waals surface area contributed by atoms with Crippen LogP contribution >= 0.6 is 15.9 Å². The van der Waals surface area contributed by atoms with Crippen LogP contribution in [-0.4, -0.2) is 48.9 Å². The van der Waals surface area contributed by atoms with Crippen molar-refractivity contribution in [3.8, 4) is 0 Å². The molecule has 1 aliphatic rings. The molecule has 0 N–H and O–H groups in total. The molecule has 0 bridgehead atoms. The number of benzene rings is 1. The van der Waals surface area contributed by atoms with Crippen LogP contribution in [-0.2, 0) is 0 Å². The van der Waals surface area contributed by atoms with Crippen molar-refractivity contribution in [3.63, 3.8) is 0 Å². The topological polar surface area (TPSA) is 23.6 Å². The molecule has 0 aromatic heterocycles. The third-order valence-electron chi connectivity index (χ3n) is 3.58. The molecule has 0 radical (unpaired) electrons. The first-order chi connectivity index (χ1) is 8.99. The summed E-state index contributed by atoms with van der Waals surface area (Å²) in [5, 5.41) is 0. The molecule has 19 heavy (non-hydrogen) atoms. The average Bonchev–Trinajstić information content (AvgIpc) is 2.38. The van der Waals surface area contributed by atoms with E-state index >= 15 is 0 Å². The summed E-state index contributed by atoms with van der Waals surface area (Å²) in [4.78, 5) is 16.5. The van der Waals surface area contributed by atoms with Gasteiger partial charge < -0.3 is 9.80 Å². The zero-order valence-electron chi connectivity index (χ0n) is 11.2. The maximum atomic E-state index is 13.1. The highest BCUT2D eigenvalue weighted by molar-refractivity contribution is 9.10. The molecule has 1 amide bonds. The SMILES string of the molecule is CN(C)C1CCCN(C(=O)c2ccc(F)cc2Br)C1. The average molecular weight is 329 g/mol. The monoisotopic (exact) mass is 328 g/mol. The standard InChI is InChI=1S/C14H18BrFN2O/c1-17(2)11-4-3-7-18(9-11)14(19)12-6-5-10(16)8-13(12)15/h5-6,8,11H,3-4,7,9H2,1-2H3. The second-order valence-corrected chi connectivity index (χ2v) is 5.99. The van der Waals surface area contributed by atoms with Crippen molar-refractivity contribution in [1.29, 1.82) is 0 Å². The van der Waals surface area contributed by atoms with Crippen molar-refractivity contribution in [1.82, 2.24) is 9.80 Å². The first kappa shape index (κ1) is 14.5. The van der Waals surface area contributed by atoms with Gasteiger partial charge in [-0.05, 0) is 61.1 Å². The molecule has 1 unspecified atom stereocenters. The Balaban J connectivity index is 2.15. The maximum Gasteiger partial charge on any atom is 0.255 e. The van der Waals surface area contributed by atoms with Crippen LogP contribution in [0.5, 0.6) is 0 Å². The Labute approximate surface area is 121 Å². The Morgan fingerprint density at radius 3 is 2.84 bits per heavy atom. The quantitative estimate of drug-likeness (QED) is 0.833. The van der Waals surface area contributed by atoms with Crippen LogP contribution < -0.4 is 0 Å². The van der Waals surface area contributed by atoms with Gasteiger partial charge >= 0.3 is 0 Å². The molecule has 0 aliphatic carbocycles. The lowest BCUT2D eigenvalue weighted by Gasteiger charge is -2.36. The molecule has 1 heterocycles. The molecular weight excluding hydrogens is 311 g/mol. The second kappa shape index (κ2) is 6.01. The molecule has 1 fully saturated rings.